The van der Waals surface area contributed by atoms with Crippen LogP contribution in [0.2, 0.25) is 0 Å². The third-order valence-corrected chi connectivity index (χ3v) is 3.83. The Morgan fingerprint density at radius 3 is 2.63 bits per heavy atom. The van der Waals surface area contributed by atoms with Gasteiger partial charge >= 0.3 is 5.97 Å². The van der Waals surface area contributed by atoms with Crippen LogP contribution in [0.25, 0.3) is 0 Å². The standard InChI is InChI=1S/C13H16N2O4/c1-2-13(6-3-7-13)14-10-5-4-9(12(16)17)8-11(10)15(18)19/h4-5,8,14H,2-3,6-7H2,1H3,(H,16,17). The van der Waals surface area contributed by atoms with Crippen molar-refractivity contribution in [2.45, 2.75) is 38.1 Å². The van der Waals surface area contributed by atoms with E-state index in [9.17, 15) is 14.9 Å². The van der Waals surface area contributed by atoms with Gasteiger partial charge in [-0.3, -0.25) is 10.1 Å². The first-order valence-electron chi connectivity index (χ1n) is 6.27. The van der Waals surface area contributed by atoms with Crippen molar-refractivity contribution >= 4 is 17.3 Å². The number of aromatic carboxylic acids is 1. The Balaban J connectivity index is 2.34. The molecule has 1 fully saturated rings. The highest BCUT2D eigenvalue weighted by Gasteiger charge is 2.36. The van der Waals surface area contributed by atoms with Gasteiger partial charge in [0.05, 0.1) is 10.5 Å². The van der Waals surface area contributed by atoms with Crippen molar-refractivity contribution in [1.82, 2.24) is 0 Å². The van der Waals surface area contributed by atoms with Gasteiger partial charge in [0.15, 0.2) is 0 Å². The van der Waals surface area contributed by atoms with E-state index < -0.39 is 10.9 Å². The van der Waals surface area contributed by atoms with Crippen LogP contribution in [0.3, 0.4) is 0 Å². The molecule has 0 aliphatic heterocycles. The summed E-state index contributed by atoms with van der Waals surface area (Å²) in [6.45, 7) is 2.05. The summed E-state index contributed by atoms with van der Waals surface area (Å²) in [6.07, 6.45) is 3.98. The quantitative estimate of drug-likeness (QED) is 0.629. The molecule has 2 rings (SSSR count). The lowest BCUT2D eigenvalue weighted by Crippen LogP contribution is -2.44. The van der Waals surface area contributed by atoms with Crippen molar-refractivity contribution < 1.29 is 14.8 Å². The third kappa shape index (κ3) is 2.52. The predicted octanol–water partition coefficient (Wildman–Crippen LogP) is 3.04. The molecule has 1 aromatic rings. The zero-order valence-electron chi connectivity index (χ0n) is 10.7. The topological polar surface area (TPSA) is 92.5 Å². The van der Waals surface area contributed by atoms with E-state index in [2.05, 4.69) is 5.32 Å². The van der Waals surface area contributed by atoms with Gasteiger partial charge in [-0.05, 0) is 37.8 Å². The molecule has 0 bridgehead atoms. The molecule has 1 saturated carbocycles. The fraction of sp³-hybridized carbons (Fsp3) is 0.462. The van der Waals surface area contributed by atoms with Gasteiger partial charge in [0, 0.05) is 11.6 Å². The number of carboxylic acids is 1. The number of nitrogens with zero attached hydrogens (tertiary/aromatic N) is 1. The number of nitro groups is 1. The molecular weight excluding hydrogens is 248 g/mol. The first-order chi connectivity index (χ1) is 8.97. The van der Waals surface area contributed by atoms with E-state index in [1.54, 1.807) is 0 Å². The summed E-state index contributed by atoms with van der Waals surface area (Å²) in [6, 6.07) is 3.98. The lowest BCUT2D eigenvalue weighted by molar-refractivity contribution is -0.384. The molecule has 0 amide bonds. The zero-order valence-corrected chi connectivity index (χ0v) is 10.7. The second-order valence-corrected chi connectivity index (χ2v) is 4.91. The van der Waals surface area contributed by atoms with Crippen LogP contribution >= 0.6 is 0 Å². The fourth-order valence-electron chi connectivity index (χ4n) is 2.38. The van der Waals surface area contributed by atoms with E-state index in [0.717, 1.165) is 31.7 Å². The molecule has 0 spiro atoms. The molecule has 102 valence electrons. The molecule has 0 saturated heterocycles. The van der Waals surface area contributed by atoms with Crippen LogP contribution in [-0.4, -0.2) is 21.5 Å². The van der Waals surface area contributed by atoms with Gasteiger partial charge < -0.3 is 10.4 Å². The molecule has 0 radical (unpaired) electrons. The first-order valence-corrected chi connectivity index (χ1v) is 6.27. The van der Waals surface area contributed by atoms with Crippen LogP contribution in [-0.2, 0) is 0 Å². The maximum atomic E-state index is 11.0. The number of hydrogen-bond acceptors (Lipinski definition) is 4. The normalized spacial score (nSPS) is 16.5. The van der Waals surface area contributed by atoms with Crippen molar-refractivity contribution in [2.75, 3.05) is 5.32 Å². The highest BCUT2D eigenvalue weighted by atomic mass is 16.6. The van der Waals surface area contributed by atoms with Gasteiger partial charge in [-0.1, -0.05) is 6.92 Å². The molecular formula is C13H16N2O4. The predicted molar refractivity (Wildman–Crippen MR) is 70.6 cm³/mol. The van der Waals surface area contributed by atoms with Crippen LogP contribution in [0, 0.1) is 10.1 Å². The van der Waals surface area contributed by atoms with Gasteiger partial charge in [-0.2, -0.15) is 0 Å². The minimum atomic E-state index is -1.16. The Hall–Kier alpha value is -2.11. The van der Waals surface area contributed by atoms with Crippen LogP contribution in [0.1, 0.15) is 43.0 Å². The van der Waals surface area contributed by atoms with Crippen LogP contribution in [0.4, 0.5) is 11.4 Å². The number of nitrogens with one attached hydrogen (secondary N) is 1. The number of rotatable bonds is 5. The monoisotopic (exact) mass is 264 g/mol. The molecule has 1 aliphatic carbocycles. The van der Waals surface area contributed by atoms with E-state index in [1.165, 1.54) is 12.1 Å². The fourth-order valence-corrected chi connectivity index (χ4v) is 2.38. The van der Waals surface area contributed by atoms with E-state index in [4.69, 9.17) is 5.11 Å². The number of carbonyl (C=O) groups is 1. The maximum Gasteiger partial charge on any atom is 0.335 e. The molecule has 19 heavy (non-hydrogen) atoms. The average Bonchev–Trinajstić information content (AvgIpc) is 2.33. The summed E-state index contributed by atoms with van der Waals surface area (Å²) in [4.78, 5) is 21.4. The summed E-state index contributed by atoms with van der Waals surface area (Å²) in [5.74, 6) is -1.16. The van der Waals surface area contributed by atoms with Gasteiger partial charge in [0.2, 0.25) is 0 Å². The first kappa shape index (κ1) is 13.3. The molecule has 0 atom stereocenters. The van der Waals surface area contributed by atoms with Crippen LogP contribution in [0.5, 0.6) is 0 Å². The van der Waals surface area contributed by atoms with E-state index >= 15 is 0 Å². The van der Waals surface area contributed by atoms with Gasteiger partial charge in [-0.25, -0.2) is 4.79 Å². The molecule has 6 heteroatoms. The summed E-state index contributed by atoms with van der Waals surface area (Å²) in [5, 5.41) is 23.1. The number of anilines is 1. The number of carboxylic acid groups (broad SMARTS) is 1. The third-order valence-electron chi connectivity index (χ3n) is 3.83. The van der Waals surface area contributed by atoms with Crippen molar-refractivity contribution in [1.29, 1.82) is 0 Å². The molecule has 2 N–H and O–H groups in total. The van der Waals surface area contributed by atoms with Gasteiger partial charge in [0.1, 0.15) is 5.69 Å². The summed E-state index contributed by atoms with van der Waals surface area (Å²) >= 11 is 0. The Kier molecular flexibility index (Phi) is 3.42. The summed E-state index contributed by atoms with van der Waals surface area (Å²) in [5.41, 5.74) is 0.0720. The van der Waals surface area contributed by atoms with Crippen molar-refractivity contribution in [2.24, 2.45) is 0 Å². The Bertz CT molecular complexity index is 518. The maximum absolute atomic E-state index is 11.0. The van der Waals surface area contributed by atoms with Crippen molar-refractivity contribution in [3.05, 3.63) is 33.9 Å². The molecule has 1 aliphatic rings. The largest absolute Gasteiger partial charge is 0.478 e. The average molecular weight is 264 g/mol. The summed E-state index contributed by atoms with van der Waals surface area (Å²) < 4.78 is 0. The van der Waals surface area contributed by atoms with Crippen LogP contribution in [0.15, 0.2) is 18.2 Å². The smallest absolute Gasteiger partial charge is 0.335 e. The zero-order chi connectivity index (χ0) is 14.0. The minimum absolute atomic E-state index is 0.0728. The number of nitro benzene ring substituents is 1. The lowest BCUT2D eigenvalue weighted by atomic mass is 9.74. The minimum Gasteiger partial charge on any atom is -0.478 e. The van der Waals surface area contributed by atoms with Gasteiger partial charge in [0.25, 0.3) is 5.69 Å². The van der Waals surface area contributed by atoms with E-state index in [1.807, 2.05) is 6.92 Å². The molecule has 0 unspecified atom stereocenters. The molecule has 0 aromatic heterocycles. The second kappa shape index (κ2) is 4.87. The van der Waals surface area contributed by atoms with E-state index in [-0.39, 0.29) is 16.8 Å². The SMILES string of the molecule is CCC1(Nc2ccc(C(=O)O)cc2[N+](=O)[O-])CCC1. The Morgan fingerprint density at radius 1 is 1.53 bits per heavy atom. The highest BCUT2D eigenvalue weighted by molar-refractivity contribution is 5.89. The number of benzene rings is 1. The van der Waals surface area contributed by atoms with Gasteiger partial charge in [-0.15, -0.1) is 0 Å². The summed E-state index contributed by atoms with van der Waals surface area (Å²) in [7, 11) is 0. The number of hydrogen-bond donors (Lipinski definition) is 2. The van der Waals surface area contributed by atoms with E-state index in [0.29, 0.717) is 5.69 Å². The molecule has 1 aromatic carbocycles. The lowest BCUT2D eigenvalue weighted by Gasteiger charge is -2.42. The van der Waals surface area contributed by atoms with Crippen molar-refractivity contribution in [3.8, 4) is 0 Å². The molecule has 6 nitrogen and oxygen atoms in total. The van der Waals surface area contributed by atoms with Crippen molar-refractivity contribution in [3.63, 3.8) is 0 Å². The Labute approximate surface area is 110 Å². The molecule has 0 heterocycles. The second-order valence-electron chi connectivity index (χ2n) is 4.91. The van der Waals surface area contributed by atoms with Crippen LogP contribution < -0.4 is 5.32 Å². The Morgan fingerprint density at radius 2 is 2.21 bits per heavy atom. The highest BCUT2D eigenvalue weighted by Crippen LogP contribution is 2.40.